The predicted molar refractivity (Wildman–Crippen MR) is 73.8 cm³/mol. The third-order valence-corrected chi connectivity index (χ3v) is 3.80. The van der Waals surface area contributed by atoms with Crippen LogP contribution in [0, 0.1) is 5.41 Å². The minimum atomic E-state index is -0.0108. The number of hydrogen-bond acceptors (Lipinski definition) is 3. The summed E-state index contributed by atoms with van der Waals surface area (Å²) in [5.74, 6) is 0.502. The molecule has 0 aliphatic heterocycles. The summed E-state index contributed by atoms with van der Waals surface area (Å²) in [4.78, 5) is 16.3. The van der Waals surface area contributed by atoms with Crippen LogP contribution in [0.15, 0.2) is 17.2 Å². The maximum absolute atomic E-state index is 12.1. The van der Waals surface area contributed by atoms with Crippen molar-refractivity contribution in [1.29, 1.82) is 0 Å². The van der Waals surface area contributed by atoms with Crippen molar-refractivity contribution in [2.45, 2.75) is 59.0 Å². The molecule has 0 spiro atoms. The minimum absolute atomic E-state index is 0.0108. The number of rotatable bonds is 3. The summed E-state index contributed by atoms with van der Waals surface area (Å²) in [5, 5.41) is 3.34. The van der Waals surface area contributed by atoms with E-state index in [-0.39, 0.29) is 5.56 Å². The Morgan fingerprint density at radius 2 is 2.33 bits per heavy atom. The normalized spacial score (nSPS) is 22.7. The maximum Gasteiger partial charge on any atom is 0.293 e. The van der Waals surface area contributed by atoms with Crippen molar-refractivity contribution >= 4 is 5.82 Å². The maximum atomic E-state index is 12.1. The van der Waals surface area contributed by atoms with Crippen LogP contribution in [-0.4, -0.2) is 15.6 Å². The van der Waals surface area contributed by atoms with E-state index < -0.39 is 0 Å². The van der Waals surface area contributed by atoms with E-state index in [0.717, 1.165) is 12.8 Å². The number of aryl methyl sites for hydroxylation is 1. The lowest BCUT2D eigenvalue weighted by Crippen LogP contribution is -2.35. The van der Waals surface area contributed by atoms with Crippen molar-refractivity contribution in [3.05, 3.63) is 22.7 Å². The van der Waals surface area contributed by atoms with E-state index in [9.17, 15) is 4.79 Å². The van der Waals surface area contributed by atoms with Gasteiger partial charge in [0.25, 0.3) is 5.56 Å². The van der Waals surface area contributed by atoms with E-state index in [1.165, 1.54) is 12.8 Å². The van der Waals surface area contributed by atoms with Gasteiger partial charge < -0.3 is 9.88 Å². The molecule has 0 saturated heterocycles. The molecule has 0 aromatic carbocycles. The van der Waals surface area contributed by atoms with Crippen molar-refractivity contribution in [3.8, 4) is 0 Å². The molecule has 0 radical (unpaired) electrons. The Hall–Kier alpha value is -1.32. The fourth-order valence-corrected chi connectivity index (χ4v) is 2.81. The summed E-state index contributed by atoms with van der Waals surface area (Å²) in [6, 6.07) is 0.377. The number of aromatic nitrogens is 2. The van der Waals surface area contributed by atoms with Crippen molar-refractivity contribution in [3.63, 3.8) is 0 Å². The number of nitrogens with one attached hydrogen (secondary N) is 1. The van der Waals surface area contributed by atoms with Crippen LogP contribution in [0.4, 0.5) is 5.82 Å². The Labute approximate surface area is 108 Å². The molecule has 1 atom stereocenters. The van der Waals surface area contributed by atoms with Crippen molar-refractivity contribution < 1.29 is 0 Å². The fraction of sp³-hybridized carbons (Fsp3) is 0.714. The highest BCUT2D eigenvalue weighted by atomic mass is 16.1. The summed E-state index contributed by atoms with van der Waals surface area (Å²) in [7, 11) is 0. The first-order chi connectivity index (χ1) is 8.52. The lowest BCUT2D eigenvalue weighted by Gasteiger charge is -2.35. The Morgan fingerprint density at radius 1 is 1.56 bits per heavy atom. The largest absolute Gasteiger partial charge is 0.363 e. The SMILES string of the molecule is CCn1ccnc(NC2CCCC(C)(C)C2)c1=O. The minimum Gasteiger partial charge on any atom is -0.363 e. The first kappa shape index (κ1) is 13.1. The van der Waals surface area contributed by atoms with Crippen LogP contribution >= 0.6 is 0 Å². The third kappa shape index (κ3) is 2.92. The van der Waals surface area contributed by atoms with Gasteiger partial charge in [-0.1, -0.05) is 20.3 Å². The molecule has 1 aliphatic carbocycles. The second-order valence-electron chi connectivity index (χ2n) is 5.97. The molecule has 1 saturated carbocycles. The fourth-order valence-electron chi connectivity index (χ4n) is 2.81. The van der Waals surface area contributed by atoms with E-state index in [2.05, 4.69) is 24.1 Å². The number of hydrogen-bond donors (Lipinski definition) is 1. The molecule has 1 aliphatic rings. The molecule has 1 aromatic heterocycles. The molecule has 4 nitrogen and oxygen atoms in total. The van der Waals surface area contributed by atoms with Crippen LogP contribution in [-0.2, 0) is 6.54 Å². The smallest absolute Gasteiger partial charge is 0.293 e. The van der Waals surface area contributed by atoms with Gasteiger partial charge in [-0.3, -0.25) is 4.79 Å². The first-order valence-corrected chi connectivity index (χ1v) is 6.84. The van der Waals surface area contributed by atoms with Crippen molar-refractivity contribution in [1.82, 2.24) is 9.55 Å². The highest BCUT2D eigenvalue weighted by molar-refractivity contribution is 5.32. The Morgan fingerprint density at radius 3 is 3.00 bits per heavy atom. The molecule has 0 bridgehead atoms. The molecule has 100 valence electrons. The van der Waals surface area contributed by atoms with Crippen LogP contribution in [0.2, 0.25) is 0 Å². The highest BCUT2D eigenvalue weighted by Crippen LogP contribution is 2.35. The molecule has 1 aromatic rings. The van der Waals surface area contributed by atoms with Crippen LogP contribution in [0.5, 0.6) is 0 Å². The molecule has 18 heavy (non-hydrogen) atoms. The monoisotopic (exact) mass is 249 g/mol. The summed E-state index contributed by atoms with van der Waals surface area (Å²) < 4.78 is 1.68. The average molecular weight is 249 g/mol. The van der Waals surface area contributed by atoms with E-state index in [4.69, 9.17) is 0 Å². The van der Waals surface area contributed by atoms with E-state index in [1.807, 2.05) is 6.92 Å². The lowest BCUT2D eigenvalue weighted by atomic mass is 9.75. The van der Waals surface area contributed by atoms with Gasteiger partial charge in [-0.2, -0.15) is 0 Å². The van der Waals surface area contributed by atoms with Crippen LogP contribution in [0.3, 0.4) is 0 Å². The first-order valence-electron chi connectivity index (χ1n) is 6.84. The molecule has 1 fully saturated rings. The summed E-state index contributed by atoms with van der Waals surface area (Å²) in [6.45, 7) is 7.24. The van der Waals surface area contributed by atoms with Crippen LogP contribution in [0.25, 0.3) is 0 Å². The Kier molecular flexibility index (Phi) is 3.73. The molecule has 2 rings (SSSR count). The summed E-state index contributed by atoms with van der Waals surface area (Å²) in [6.07, 6.45) is 8.16. The van der Waals surface area contributed by atoms with Gasteiger partial charge in [-0.15, -0.1) is 0 Å². The highest BCUT2D eigenvalue weighted by Gasteiger charge is 2.28. The van der Waals surface area contributed by atoms with Gasteiger partial charge in [0.1, 0.15) is 0 Å². The molecular formula is C14H23N3O. The third-order valence-electron chi connectivity index (χ3n) is 3.80. The quantitative estimate of drug-likeness (QED) is 0.895. The molecule has 4 heteroatoms. The predicted octanol–water partition coefficient (Wildman–Crippen LogP) is 2.64. The van der Waals surface area contributed by atoms with Crippen LogP contribution < -0.4 is 10.9 Å². The number of anilines is 1. The number of nitrogens with zero attached hydrogens (tertiary/aromatic N) is 2. The molecule has 0 amide bonds. The van der Waals surface area contributed by atoms with Gasteiger partial charge in [0, 0.05) is 25.0 Å². The zero-order valence-corrected chi connectivity index (χ0v) is 11.6. The van der Waals surface area contributed by atoms with Gasteiger partial charge >= 0.3 is 0 Å². The van der Waals surface area contributed by atoms with Gasteiger partial charge in [0.15, 0.2) is 5.82 Å². The van der Waals surface area contributed by atoms with Gasteiger partial charge in [0.2, 0.25) is 0 Å². The standard InChI is InChI=1S/C14H23N3O/c1-4-17-9-8-15-12(13(17)18)16-11-6-5-7-14(2,3)10-11/h8-9,11H,4-7,10H2,1-3H3,(H,15,16). The van der Waals surface area contributed by atoms with Crippen LogP contribution in [0.1, 0.15) is 46.5 Å². The topological polar surface area (TPSA) is 46.9 Å². The van der Waals surface area contributed by atoms with E-state index >= 15 is 0 Å². The Bertz CT molecular complexity index is 464. The van der Waals surface area contributed by atoms with Gasteiger partial charge in [0.05, 0.1) is 0 Å². The zero-order valence-electron chi connectivity index (χ0n) is 11.6. The molecule has 1 heterocycles. The lowest BCUT2D eigenvalue weighted by molar-refractivity contribution is 0.229. The van der Waals surface area contributed by atoms with Gasteiger partial charge in [-0.25, -0.2) is 4.98 Å². The molecular weight excluding hydrogens is 226 g/mol. The second-order valence-corrected chi connectivity index (χ2v) is 5.97. The van der Waals surface area contributed by atoms with Gasteiger partial charge in [-0.05, 0) is 31.6 Å². The van der Waals surface area contributed by atoms with Crippen molar-refractivity contribution in [2.75, 3.05) is 5.32 Å². The summed E-state index contributed by atoms with van der Waals surface area (Å²) in [5.41, 5.74) is 0.359. The van der Waals surface area contributed by atoms with Crippen molar-refractivity contribution in [2.24, 2.45) is 5.41 Å². The zero-order chi connectivity index (χ0) is 13.2. The van der Waals surface area contributed by atoms with E-state index in [1.54, 1.807) is 17.0 Å². The van der Waals surface area contributed by atoms with E-state index in [0.29, 0.717) is 23.8 Å². The summed E-state index contributed by atoms with van der Waals surface area (Å²) >= 11 is 0. The average Bonchev–Trinajstić information content (AvgIpc) is 2.31. The molecule has 1 N–H and O–H groups in total. The Balaban J connectivity index is 2.12. The second kappa shape index (κ2) is 5.12. The molecule has 1 unspecified atom stereocenters.